The molecule has 0 radical (unpaired) electrons. The second kappa shape index (κ2) is 1.99. The van der Waals surface area contributed by atoms with E-state index in [1.807, 2.05) is 13.0 Å². The Hall–Kier alpha value is -1.51. The van der Waals surface area contributed by atoms with Crippen molar-refractivity contribution in [1.29, 1.82) is 0 Å². The van der Waals surface area contributed by atoms with Crippen LogP contribution in [0.15, 0.2) is 16.5 Å². The first-order valence-corrected chi connectivity index (χ1v) is 3.34. The van der Waals surface area contributed by atoms with Gasteiger partial charge in [0.25, 0.3) is 0 Å². The lowest BCUT2D eigenvalue weighted by atomic mass is 10.4. The van der Waals surface area contributed by atoms with Crippen LogP contribution in [0.2, 0.25) is 0 Å². The Bertz CT molecular complexity index is 366. The fourth-order valence-electron chi connectivity index (χ4n) is 1.13. The van der Waals surface area contributed by atoms with E-state index in [1.54, 1.807) is 6.07 Å². The standard InChI is InChI=1S/C8H7NO2/c1-5-2-7-8(11-5)3-6(4-10)9-7/h2-4,9H,1H3. The minimum Gasteiger partial charge on any atom is -0.460 e. The first-order valence-electron chi connectivity index (χ1n) is 3.34. The van der Waals surface area contributed by atoms with E-state index >= 15 is 0 Å². The monoisotopic (exact) mass is 149 g/mol. The molecule has 0 aliphatic rings. The second-order valence-corrected chi connectivity index (χ2v) is 2.48. The van der Waals surface area contributed by atoms with Crippen LogP contribution in [0.5, 0.6) is 0 Å². The predicted molar refractivity (Wildman–Crippen MR) is 40.7 cm³/mol. The van der Waals surface area contributed by atoms with Gasteiger partial charge in [0.05, 0.1) is 11.2 Å². The largest absolute Gasteiger partial charge is 0.460 e. The Balaban J connectivity index is 2.72. The van der Waals surface area contributed by atoms with Gasteiger partial charge in [-0.25, -0.2) is 0 Å². The van der Waals surface area contributed by atoms with Gasteiger partial charge in [0.1, 0.15) is 5.76 Å². The lowest BCUT2D eigenvalue weighted by molar-refractivity contribution is 0.111. The molecule has 3 nitrogen and oxygen atoms in total. The van der Waals surface area contributed by atoms with E-state index in [1.165, 1.54) is 0 Å². The highest BCUT2D eigenvalue weighted by atomic mass is 16.3. The highest BCUT2D eigenvalue weighted by molar-refractivity contribution is 5.84. The first-order chi connectivity index (χ1) is 5.29. The van der Waals surface area contributed by atoms with Crippen LogP contribution in [0.4, 0.5) is 0 Å². The maximum atomic E-state index is 10.3. The summed E-state index contributed by atoms with van der Waals surface area (Å²) in [4.78, 5) is 13.2. The van der Waals surface area contributed by atoms with Gasteiger partial charge in [-0.05, 0) is 6.92 Å². The number of aromatic nitrogens is 1. The molecule has 0 aliphatic carbocycles. The number of H-pyrrole nitrogens is 1. The van der Waals surface area contributed by atoms with Crippen molar-refractivity contribution in [2.45, 2.75) is 6.92 Å². The number of nitrogens with one attached hydrogen (secondary N) is 1. The van der Waals surface area contributed by atoms with Gasteiger partial charge in [-0.2, -0.15) is 0 Å². The summed E-state index contributed by atoms with van der Waals surface area (Å²) in [6.45, 7) is 1.87. The van der Waals surface area contributed by atoms with E-state index < -0.39 is 0 Å². The molecule has 0 bridgehead atoms. The van der Waals surface area contributed by atoms with Crippen LogP contribution < -0.4 is 0 Å². The zero-order chi connectivity index (χ0) is 7.84. The Labute approximate surface area is 63.0 Å². The van der Waals surface area contributed by atoms with E-state index in [9.17, 15) is 4.79 Å². The molecule has 0 aliphatic heterocycles. The molecular formula is C8H7NO2. The first kappa shape index (κ1) is 6.22. The number of hydrogen-bond donors (Lipinski definition) is 1. The number of carbonyl (C=O) groups excluding carboxylic acids is 1. The third kappa shape index (κ3) is 0.852. The van der Waals surface area contributed by atoms with Crippen molar-refractivity contribution in [2.24, 2.45) is 0 Å². The van der Waals surface area contributed by atoms with Crippen molar-refractivity contribution < 1.29 is 9.21 Å². The third-order valence-electron chi connectivity index (χ3n) is 1.58. The minimum atomic E-state index is 0.554. The van der Waals surface area contributed by atoms with Gasteiger partial charge in [-0.15, -0.1) is 0 Å². The molecule has 0 aromatic carbocycles. The Kier molecular flexibility index (Phi) is 1.12. The summed E-state index contributed by atoms with van der Waals surface area (Å²) in [6, 6.07) is 3.55. The van der Waals surface area contributed by atoms with Gasteiger partial charge in [0, 0.05) is 12.1 Å². The van der Waals surface area contributed by atoms with Crippen molar-refractivity contribution in [3.05, 3.63) is 23.6 Å². The number of furan rings is 1. The summed E-state index contributed by atoms with van der Waals surface area (Å²) in [5, 5.41) is 0. The molecule has 0 saturated carbocycles. The van der Waals surface area contributed by atoms with Crippen LogP contribution in [0, 0.1) is 6.92 Å². The number of fused-ring (bicyclic) bond motifs is 1. The molecule has 2 aromatic rings. The van der Waals surface area contributed by atoms with E-state index in [0.29, 0.717) is 5.69 Å². The molecule has 11 heavy (non-hydrogen) atoms. The molecular weight excluding hydrogens is 142 g/mol. The second-order valence-electron chi connectivity index (χ2n) is 2.48. The molecule has 56 valence electrons. The van der Waals surface area contributed by atoms with E-state index in [0.717, 1.165) is 23.1 Å². The number of aryl methyl sites for hydroxylation is 1. The molecule has 0 unspecified atom stereocenters. The van der Waals surface area contributed by atoms with Gasteiger partial charge in [0.15, 0.2) is 11.9 Å². The van der Waals surface area contributed by atoms with Crippen molar-refractivity contribution in [1.82, 2.24) is 4.98 Å². The Morgan fingerprint density at radius 1 is 1.55 bits per heavy atom. The fourth-order valence-corrected chi connectivity index (χ4v) is 1.13. The minimum absolute atomic E-state index is 0.554. The Morgan fingerprint density at radius 2 is 2.36 bits per heavy atom. The number of rotatable bonds is 1. The van der Waals surface area contributed by atoms with Crippen LogP contribution in [0.25, 0.3) is 11.1 Å². The fraction of sp³-hybridized carbons (Fsp3) is 0.125. The molecule has 0 amide bonds. The molecule has 2 aromatic heterocycles. The quantitative estimate of drug-likeness (QED) is 0.629. The van der Waals surface area contributed by atoms with Crippen molar-refractivity contribution in [3.8, 4) is 0 Å². The lowest BCUT2D eigenvalue weighted by Crippen LogP contribution is -1.74. The van der Waals surface area contributed by atoms with Crippen molar-refractivity contribution in [2.75, 3.05) is 0 Å². The number of aromatic amines is 1. The lowest BCUT2D eigenvalue weighted by Gasteiger charge is -1.77. The number of aldehydes is 1. The van der Waals surface area contributed by atoms with Gasteiger partial charge >= 0.3 is 0 Å². The molecule has 2 rings (SSSR count). The highest BCUT2D eigenvalue weighted by Crippen LogP contribution is 2.18. The third-order valence-corrected chi connectivity index (χ3v) is 1.58. The van der Waals surface area contributed by atoms with E-state index in [2.05, 4.69) is 4.98 Å². The smallest absolute Gasteiger partial charge is 0.166 e. The number of hydrogen-bond acceptors (Lipinski definition) is 2. The van der Waals surface area contributed by atoms with Gasteiger partial charge < -0.3 is 9.40 Å². The van der Waals surface area contributed by atoms with Gasteiger partial charge in [0.2, 0.25) is 0 Å². The van der Waals surface area contributed by atoms with Gasteiger partial charge in [-0.1, -0.05) is 0 Å². The summed E-state index contributed by atoms with van der Waals surface area (Å²) >= 11 is 0. The average Bonchev–Trinajstić information content (AvgIpc) is 2.43. The summed E-state index contributed by atoms with van der Waals surface area (Å²) in [7, 11) is 0. The van der Waals surface area contributed by atoms with Crippen LogP contribution in [-0.4, -0.2) is 11.3 Å². The van der Waals surface area contributed by atoms with Crippen molar-refractivity contribution in [3.63, 3.8) is 0 Å². The summed E-state index contributed by atoms with van der Waals surface area (Å²) in [5.41, 5.74) is 2.17. The zero-order valence-corrected chi connectivity index (χ0v) is 6.05. The SMILES string of the molecule is Cc1cc2[nH]c(C=O)cc2o1. The average molecular weight is 149 g/mol. The maximum Gasteiger partial charge on any atom is 0.166 e. The van der Waals surface area contributed by atoms with Crippen LogP contribution in [0.3, 0.4) is 0 Å². The highest BCUT2D eigenvalue weighted by Gasteiger charge is 2.03. The van der Waals surface area contributed by atoms with Gasteiger partial charge in [-0.3, -0.25) is 4.79 Å². The van der Waals surface area contributed by atoms with Crippen LogP contribution >= 0.6 is 0 Å². The molecule has 0 saturated heterocycles. The van der Waals surface area contributed by atoms with Crippen LogP contribution in [-0.2, 0) is 0 Å². The van der Waals surface area contributed by atoms with Crippen LogP contribution in [0.1, 0.15) is 16.2 Å². The molecule has 1 N–H and O–H groups in total. The molecule has 0 atom stereocenters. The Morgan fingerprint density at radius 3 is 3.00 bits per heavy atom. The molecule has 3 heteroatoms. The summed E-state index contributed by atoms with van der Waals surface area (Å²) < 4.78 is 5.26. The maximum absolute atomic E-state index is 10.3. The van der Waals surface area contributed by atoms with E-state index in [4.69, 9.17) is 4.42 Å². The zero-order valence-electron chi connectivity index (χ0n) is 6.05. The molecule has 0 spiro atoms. The van der Waals surface area contributed by atoms with Crippen molar-refractivity contribution >= 4 is 17.4 Å². The topological polar surface area (TPSA) is 46.0 Å². The molecule has 2 heterocycles. The normalized spacial score (nSPS) is 10.6. The van der Waals surface area contributed by atoms with E-state index in [-0.39, 0.29) is 0 Å². The molecule has 0 fully saturated rings. The summed E-state index contributed by atoms with van der Waals surface area (Å²) in [6.07, 6.45) is 0.769. The predicted octanol–water partition coefficient (Wildman–Crippen LogP) is 1.88. The number of carbonyl (C=O) groups is 1. The summed E-state index contributed by atoms with van der Waals surface area (Å²) in [5.74, 6) is 0.851.